The highest BCUT2D eigenvalue weighted by Gasteiger charge is 2.35. The minimum Gasteiger partial charge on any atom is -0.385 e. The number of hydrogen-bond donors (Lipinski definition) is 1. The van der Waals surface area contributed by atoms with Gasteiger partial charge in [-0.15, -0.1) is 0 Å². The van der Waals surface area contributed by atoms with E-state index in [4.69, 9.17) is 0 Å². The van der Waals surface area contributed by atoms with Gasteiger partial charge >= 0.3 is 0 Å². The van der Waals surface area contributed by atoms with Crippen molar-refractivity contribution in [3.63, 3.8) is 0 Å². The molecular weight excluding hydrogens is 272 g/mol. The maximum Gasteiger partial charge on any atom is 0.243 e. The molecule has 1 saturated heterocycles. The smallest absolute Gasteiger partial charge is 0.243 e. The monoisotopic (exact) mass is 294 g/mol. The Morgan fingerprint density at radius 3 is 2.80 bits per heavy atom. The quantitative estimate of drug-likeness (QED) is 0.912. The van der Waals surface area contributed by atoms with Crippen LogP contribution in [0.4, 0.5) is 5.69 Å². The number of rotatable bonds is 2. The highest BCUT2D eigenvalue weighted by atomic mass is 32.2. The fourth-order valence-corrected chi connectivity index (χ4v) is 5.31. The highest BCUT2D eigenvalue weighted by molar-refractivity contribution is 7.89. The minimum atomic E-state index is -3.35. The zero-order chi connectivity index (χ0) is 14.3. The number of nitrogens with one attached hydrogen (secondary N) is 1. The second-order valence-corrected chi connectivity index (χ2v) is 7.73. The van der Waals surface area contributed by atoms with Crippen LogP contribution >= 0.6 is 0 Å². The maximum absolute atomic E-state index is 12.9. The summed E-state index contributed by atoms with van der Waals surface area (Å²) in [6.07, 6.45) is 3.77. The fourth-order valence-electron chi connectivity index (χ4n) is 3.35. The molecule has 2 heterocycles. The van der Waals surface area contributed by atoms with Gasteiger partial charge in [0.2, 0.25) is 10.0 Å². The third-order valence-electron chi connectivity index (χ3n) is 4.46. The van der Waals surface area contributed by atoms with Gasteiger partial charge in [-0.25, -0.2) is 8.42 Å². The van der Waals surface area contributed by atoms with E-state index in [0.717, 1.165) is 49.0 Å². The molecule has 1 atom stereocenters. The van der Waals surface area contributed by atoms with Crippen LogP contribution in [-0.4, -0.2) is 31.9 Å². The lowest BCUT2D eigenvalue weighted by Gasteiger charge is -2.27. The molecule has 1 aromatic carbocycles. The summed E-state index contributed by atoms with van der Waals surface area (Å²) in [4.78, 5) is 0.513. The number of aryl methyl sites for hydroxylation is 1. The van der Waals surface area contributed by atoms with Crippen LogP contribution < -0.4 is 5.32 Å². The Morgan fingerprint density at radius 2 is 2.10 bits per heavy atom. The summed E-state index contributed by atoms with van der Waals surface area (Å²) < 4.78 is 27.5. The molecule has 20 heavy (non-hydrogen) atoms. The first-order valence-corrected chi connectivity index (χ1v) is 8.84. The molecule has 1 unspecified atom stereocenters. The topological polar surface area (TPSA) is 49.4 Å². The standard InChI is InChI=1S/C15H22N2O2S/c1-11-7-8-14(13-6-3-9-16-15(11)13)20(18,19)17-10-4-5-12(17)2/h7-8,12,16H,3-6,9-10H2,1-2H3. The number of sulfonamides is 1. The summed E-state index contributed by atoms with van der Waals surface area (Å²) in [6.45, 7) is 5.62. The van der Waals surface area contributed by atoms with E-state index in [1.807, 2.05) is 19.9 Å². The van der Waals surface area contributed by atoms with Gasteiger partial charge in [0.05, 0.1) is 4.90 Å². The second-order valence-electron chi connectivity index (χ2n) is 5.87. The van der Waals surface area contributed by atoms with Gasteiger partial charge in [0.15, 0.2) is 0 Å². The van der Waals surface area contributed by atoms with Crippen molar-refractivity contribution in [1.29, 1.82) is 0 Å². The Morgan fingerprint density at radius 1 is 1.30 bits per heavy atom. The molecule has 5 heteroatoms. The van der Waals surface area contributed by atoms with Crippen molar-refractivity contribution in [1.82, 2.24) is 4.31 Å². The van der Waals surface area contributed by atoms with Gasteiger partial charge in [-0.3, -0.25) is 0 Å². The molecule has 0 saturated carbocycles. The summed E-state index contributed by atoms with van der Waals surface area (Å²) in [6, 6.07) is 3.83. The summed E-state index contributed by atoms with van der Waals surface area (Å²) in [5.74, 6) is 0. The van der Waals surface area contributed by atoms with Crippen molar-refractivity contribution < 1.29 is 8.42 Å². The predicted octanol–water partition coefficient (Wildman–Crippen LogP) is 2.53. The van der Waals surface area contributed by atoms with E-state index in [1.54, 1.807) is 10.4 Å². The zero-order valence-corrected chi connectivity index (χ0v) is 13.0. The lowest BCUT2D eigenvalue weighted by atomic mass is 10.00. The van der Waals surface area contributed by atoms with Gasteiger partial charge in [0.1, 0.15) is 0 Å². The van der Waals surface area contributed by atoms with E-state index >= 15 is 0 Å². The van der Waals surface area contributed by atoms with Gasteiger partial charge in [-0.1, -0.05) is 6.07 Å². The number of nitrogens with zero attached hydrogens (tertiary/aromatic N) is 1. The van der Waals surface area contributed by atoms with Crippen LogP contribution in [0.1, 0.15) is 37.3 Å². The van der Waals surface area contributed by atoms with Gasteiger partial charge < -0.3 is 5.32 Å². The van der Waals surface area contributed by atoms with E-state index < -0.39 is 10.0 Å². The summed E-state index contributed by atoms with van der Waals surface area (Å²) in [7, 11) is -3.35. The van der Waals surface area contributed by atoms with Crippen molar-refractivity contribution in [2.75, 3.05) is 18.4 Å². The molecule has 3 rings (SSSR count). The third-order valence-corrected chi connectivity index (χ3v) is 6.56. The molecule has 0 aromatic heterocycles. The van der Waals surface area contributed by atoms with Crippen LogP contribution in [0.25, 0.3) is 0 Å². The summed E-state index contributed by atoms with van der Waals surface area (Å²) >= 11 is 0. The number of anilines is 1. The van der Waals surface area contributed by atoms with Crippen LogP contribution in [0.2, 0.25) is 0 Å². The van der Waals surface area contributed by atoms with Crippen LogP contribution in [0.5, 0.6) is 0 Å². The predicted molar refractivity (Wildman–Crippen MR) is 80.6 cm³/mol. The molecule has 4 nitrogen and oxygen atoms in total. The molecule has 0 radical (unpaired) electrons. The van der Waals surface area contributed by atoms with Crippen LogP contribution in [0, 0.1) is 6.92 Å². The highest BCUT2D eigenvalue weighted by Crippen LogP contribution is 2.35. The average Bonchev–Trinajstić information content (AvgIpc) is 2.86. The third kappa shape index (κ3) is 2.13. The Balaban J connectivity index is 2.10. The van der Waals surface area contributed by atoms with Crippen molar-refractivity contribution in [2.45, 2.75) is 50.5 Å². The summed E-state index contributed by atoms with van der Waals surface area (Å²) in [5, 5.41) is 3.36. The first kappa shape index (κ1) is 13.9. The van der Waals surface area contributed by atoms with Crippen molar-refractivity contribution >= 4 is 15.7 Å². The molecule has 1 N–H and O–H groups in total. The van der Waals surface area contributed by atoms with E-state index in [-0.39, 0.29) is 6.04 Å². The van der Waals surface area contributed by atoms with Gasteiger partial charge in [0.25, 0.3) is 0 Å². The zero-order valence-electron chi connectivity index (χ0n) is 12.1. The SMILES string of the molecule is Cc1ccc(S(=O)(=O)N2CCCC2C)c2c1NCCC2. The van der Waals surface area contributed by atoms with Crippen LogP contribution in [0.3, 0.4) is 0 Å². The molecule has 0 bridgehead atoms. The molecule has 0 spiro atoms. The number of benzene rings is 1. The molecule has 0 amide bonds. The van der Waals surface area contributed by atoms with Crippen molar-refractivity contribution in [3.8, 4) is 0 Å². The molecule has 1 fully saturated rings. The number of fused-ring (bicyclic) bond motifs is 1. The van der Waals surface area contributed by atoms with E-state index in [2.05, 4.69) is 5.32 Å². The van der Waals surface area contributed by atoms with Gasteiger partial charge in [-0.05, 0) is 56.7 Å². The first-order chi connectivity index (χ1) is 9.51. The van der Waals surface area contributed by atoms with Crippen molar-refractivity contribution in [2.24, 2.45) is 0 Å². The Kier molecular flexibility index (Phi) is 3.50. The molecule has 110 valence electrons. The van der Waals surface area contributed by atoms with E-state index in [9.17, 15) is 8.42 Å². The Bertz CT molecular complexity index is 625. The van der Waals surface area contributed by atoms with Crippen LogP contribution in [0.15, 0.2) is 17.0 Å². The summed E-state index contributed by atoms with van der Waals surface area (Å²) in [5.41, 5.74) is 3.15. The number of hydrogen-bond acceptors (Lipinski definition) is 3. The van der Waals surface area contributed by atoms with E-state index in [0.29, 0.717) is 11.4 Å². The lowest BCUT2D eigenvalue weighted by molar-refractivity contribution is 0.407. The van der Waals surface area contributed by atoms with E-state index in [1.165, 1.54) is 0 Å². The minimum absolute atomic E-state index is 0.119. The molecule has 1 aromatic rings. The van der Waals surface area contributed by atoms with Gasteiger partial charge in [0, 0.05) is 24.8 Å². The average molecular weight is 294 g/mol. The maximum atomic E-state index is 12.9. The van der Waals surface area contributed by atoms with Gasteiger partial charge in [-0.2, -0.15) is 4.31 Å². The van der Waals surface area contributed by atoms with Crippen LogP contribution in [-0.2, 0) is 16.4 Å². The molecule has 2 aliphatic rings. The largest absolute Gasteiger partial charge is 0.385 e. The second kappa shape index (κ2) is 5.04. The normalized spacial score (nSPS) is 23.4. The fraction of sp³-hybridized carbons (Fsp3) is 0.600. The molecule has 0 aliphatic carbocycles. The molecule has 2 aliphatic heterocycles. The molecular formula is C15H22N2O2S. The first-order valence-electron chi connectivity index (χ1n) is 7.40. The Hall–Kier alpha value is -1.07. The van der Waals surface area contributed by atoms with Crippen molar-refractivity contribution in [3.05, 3.63) is 23.3 Å². The lowest BCUT2D eigenvalue weighted by Crippen LogP contribution is -2.34. The Labute approximate surface area is 121 Å².